The quantitative estimate of drug-likeness (QED) is 0.571. The van der Waals surface area contributed by atoms with Crippen molar-refractivity contribution < 1.29 is 19.4 Å². The molecule has 6 heteroatoms. The fourth-order valence-corrected chi connectivity index (χ4v) is 3.63. The average molecular weight is 416 g/mol. The van der Waals surface area contributed by atoms with E-state index in [9.17, 15) is 9.90 Å². The van der Waals surface area contributed by atoms with Crippen LogP contribution < -0.4 is 19.9 Å². The van der Waals surface area contributed by atoms with Crippen molar-refractivity contribution in [3.8, 4) is 11.5 Å². The predicted octanol–water partition coefficient (Wildman–Crippen LogP) is 4.90. The van der Waals surface area contributed by atoms with Crippen LogP contribution in [0.1, 0.15) is 34.5 Å². The van der Waals surface area contributed by atoms with Gasteiger partial charge in [0.25, 0.3) is 0 Å². The van der Waals surface area contributed by atoms with Crippen molar-refractivity contribution in [1.29, 1.82) is 0 Å². The first-order valence-corrected chi connectivity index (χ1v) is 10.1. The van der Waals surface area contributed by atoms with Gasteiger partial charge in [-0.15, -0.1) is 0 Å². The molecule has 0 aromatic heterocycles. The maximum atomic E-state index is 11.2. The minimum absolute atomic E-state index is 0.129. The number of benzene rings is 3. The summed E-state index contributed by atoms with van der Waals surface area (Å²) in [6.45, 7) is 2.49. The van der Waals surface area contributed by atoms with E-state index in [1.807, 2.05) is 60.5 Å². The number of ether oxygens (including phenoxy) is 2. The molecule has 0 radical (unpaired) electrons. The molecule has 0 bridgehead atoms. The molecule has 6 nitrogen and oxygen atoms in total. The summed E-state index contributed by atoms with van der Waals surface area (Å²) >= 11 is 0. The van der Waals surface area contributed by atoms with Crippen molar-refractivity contribution in [3.63, 3.8) is 0 Å². The summed E-state index contributed by atoms with van der Waals surface area (Å²) in [6, 6.07) is 22.7. The van der Waals surface area contributed by atoms with Crippen LogP contribution in [0.3, 0.4) is 0 Å². The smallest absolute Gasteiger partial charge is 0.335 e. The Morgan fingerprint density at radius 3 is 2.42 bits per heavy atom. The lowest BCUT2D eigenvalue weighted by molar-refractivity contribution is 0.0697. The summed E-state index contributed by atoms with van der Waals surface area (Å²) in [5, 5.41) is 11.2. The zero-order valence-corrected chi connectivity index (χ0v) is 17.4. The number of methoxy groups -OCH3 is 1. The molecule has 0 fully saturated rings. The number of anilines is 1. The summed E-state index contributed by atoms with van der Waals surface area (Å²) in [5.74, 6) is 0.420. The standard InChI is InChI=1S/C25H24N2O4/c1-3-31-23-14-11-19(15-24(23)30-2)22-16-21(17-7-5-4-6-8-17)26-27(22)20-12-9-18(10-13-20)25(28)29/h4-16,22,26H,3H2,1-2H3,(H,28,29). The summed E-state index contributed by atoms with van der Waals surface area (Å²) in [7, 11) is 1.63. The first kappa shape index (κ1) is 20.3. The Morgan fingerprint density at radius 2 is 1.77 bits per heavy atom. The molecule has 1 unspecified atom stereocenters. The summed E-state index contributed by atoms with van der Waals surface area (Å²) in [4.78, 5) is 11.2. The second kappa shape index (κ2) is 8.83. The van der Waals surface area contributed by atoms with Gasteiger partial charge in [-0.05, 0) is 60.5 Å². The number of rotatable bonds is 7. The van der Waals surface area contributed by atoms with E-state index >= 15 is 0 Å². The van der Waals surface area contributed by atoms with Gasteiger partial charge in [-0.25, -0.2) is 4.79 Å². The van der Waals surface area contributed by atoms with E-state index in [-0.39, 0.29) is 11.6 Å². The van der Waals surface area contributed by atoms with Gasteiger partial charge in [0.1, 0.15) is 0 Å². The Kier molecular flexibility index (Phi) is 5.80. The van der Waals surface area contributed by atoms with Crippen molar-refractivity contribution in [3.05, 3.63) is 95.6 Å². The number of nitrogens with zero attached hydrogens (tertiary/aromatic N) is 1. The zero-order valence-electron chi connectivity index (χ0n) is 17.4. The fourth-order valence-electron chi connectivity index (χ4n) is 3.63. The molecule has 0 saturated carbocycles. The molecule has 0 saturated heterocycles. The van der Waals surface area contributed by atoms with Gasteiger partial charge < -0.3 is 14.6 Å². The monoisotopic (exact) mass is 416 g/mol. The Labute approximate surface area is 181 Å². The third kappa shape index (κ3) is 4.19. The number of nitrogens with one attached hydrogen (secondary N) is 1. The molecule has 3 aromatic rings. The lowest BCUT2D eigenvalue weighted by Gasteiger charge is -2.28. The van der Waals surface area contributed by atoms with E-state index in [4.69, 9.17) is 9.47 Å². The van der Waals surface area contributed by atoms with E-state index in [1.54, 1.807) is 31.4 Å². The van der Waals surface area contributed by atoms with Gasteiger partial charge in [0.15, 0.2) is 11.5 Å². The van der Waals surface area contributed by atoms with E-state index < -0.39 is 5.97 Å². The van der Waals surface area contributed by atoms with E-state index in [1.165, 1.54) is 0 Å². The molecule has 3 aromatic carbocycles. The predicted molar refractivity (Wildman–Crippen MR) is 120 cm³/mol. The van der Waals surface area contributed by atoms with Crippen molar-refractivity contribution >= 4 is 17.4 Å². The SMILES string of the molecule is CCOc1ccc(C2C=C(c3ccccc3)NN2c2ccc(C(=O)O)cc2)cc1OC. The fraction of sp³-hybridized carbons (Fsp3) is 0.160. The molecular weight excluding hydrogens is 392 g/mol. The molecule has 0 amide bonds. The van der Waals surface area contributed by atoms with Crippen molar-refractivity contribution in [2.24, 2.45) is 0 Å². The first-order valence-electron chi connectivity index (χ1n) is 10.1. The molecule has 1 aliphatic rings. The van der Waals surface area contributed by atoms with Crippen LogP contribution in [0, 0.1) is 0 Å². The minimum Gasteiger partial charge on any atom is -0.493 e. The van der Waals surface area contributed by atoms with Crippen LogP contribution in [0.2, 0.25) is 0 Å². The third-order valence-corrected chi connectivity index (χ3v) is 5.15. The maximum absolute atomic E-state index is 11.2. The Balaban J connectivity index is 1.74. The number of hydrazine groups is 1. The van der Waals surface area contributed by atoms with Gasteiger partial charge in [-0.3, -0.25) is 10.4 Å². The zero-order chi connectivity index (χ0) is 21.8. The van der Waals surface area contributed by atoms with Crippen molar-refractivity contribution in [2.75, 3.05) is 18.7 Å². The lowest BCUT2D eigenvalue weighted by Crippen LogP contribution is -2.34. The van der Waals surface area contributed by atoms with Gasteiger partial charge in [-0.1, -0.05) is 36.4 Å². The number of carbonyl (C=O) groups is 1. The number of carboxylic acid groups (broad SMARTS) is 1. The van der Waals surface area contributed by atoms with Gasteiger partial charge >= 0.3 is 5.97 Å². The van der Waals surface area contributed by atoms with Crippen LogP contribution >= 0.6 is 0 Å². The van der Waals surface area contributed by atoms with Gasteiger partial charge in [-0.2, -0.15) is 0 Å². The topological polar surface area (TPSA) is 71.0 Å². The molecular formula is C25H24N2O4. The molecule has 31 heavy (non-hydrogen) atoms. The number of hydrogen-bond donors (Lipinski definition) is 2. The van der Waals surface area contributed by atoms with E-state index in [0.717, 1.165) is 22.5 Å². The highest BCUT2D eigenvalue weighted by atomic mass is 16.5. The Hall–Kier alpha value is -3.93. The normalized spacial score (nSPS) is 15.2. The number of carboxylic acids is 1. The van der Waals surface area contributed by atoms with Crippen LogP contribution in [0.15, 0.2) is 78.9 Å². The third-order valence-electron chi connectivity index (χ3n) is 5.15. The van der Waals surface area contributed by atoms with Gasteiger partial charge in [0.2, 0.25) is 0 Å². The highest BCUT2D eigenvalue weighted by Gasteiger charge is 2.28. The summed E-state index contributed by atoms with van der Waals surface area (Å²) < 4.78 is 11.2. The summed E-state index contributed by atoms with van der Waals surface area (Å²) in [5.41, 5.74) is 7.63. The minimum atomic E-state index is -0.947. The van der Waals surface area contributed by atoms with Crippen LogP contribution in [0.25, 0.3) is 5.70 Å². The summed E-state index contributed by atoms with van der Waals surface area (Å²) in [6.07, 6.45) is 2.15. The lowest BCUT2D eigenvalue weighted by atomic mass is 10.0. The van der Waals surface area contributed by atoms with Crippen molar-refractivity contribution in [2.45, 2.75) is 13.0 Å². The van der Waals surface area contributed by atoms with E-state index in [0.29, 0.717) is 18.1 Å². The van der Waals surface area contributed by atoms with Crippen LogP contribution in [-0.4, -0.2) is 24.8 Å². The average Bonchev–Trinajstić information content (AvgIpc) is 3.26. The largest absolute Gasteiger partial charge is 0.493 e. The second-order valence-electron chi connectivity index (χ2n) is 7.07. The number of hydrogen-bond acceptors (Lipinski definition) is 5. The van der Waals surface area contributed by atoms with Crippen LogP contribution in [0.5, 0.6) is 11.5 Å². The number of aromatic carboxylic acids is 1. The molecule has 0 aliphatic carbocycles. The maximum Gasteiger partial charge on any atom is 0.335 e. The highest BCUT2D eigenvalue weighted by molar-refractivity contribution is 5.88. The molecule has 158 valence electrons. The highest BCUT2D eigenvalue weighted by Crippen LogP contribution is 2.38. The Morgan fingerprint density at radius 1 is 1.03 bits per heavy atom. The molecule has 1 heterocycles. The molecule has 1 atom stereocenters. The van der Waals surface area contributed by atoms with E-state index in [2.05, 4.69) is 11.5 Å². The first-order chi connectivity index (χ1) is 15.1. The van der Waals surface area contributed by atoms with Gasteiger partial charge in [0, 0.05) is 0 Å². The molecule has 2 N–H and O–H groups in total. The molecule has 1 aliphatic heterocycles. The van der Waals surface area contributed by atoms with Crippen LogP contribution in [-0.2, 0) is 0 Å². The Bertz CT molecular complexity index is 1090. The second-order valence-corrected chi connectivity index (χ2v) is 7.07. The van der Waals surface area contributed by atoms with Gasteiger partial charge in [0.05, 0.1) is 36.7 Å². The van der Waals surface area contributed by atoms with Crippen molar-refractivity contribution in [1.82, 2.24) is 5.43 Å². The van der Waals surface area contributed by atoms with Crippen LogP contribution in [0.4, 0.5) is 5.69 Å². The molecule has 4 rings (SSSR count). The molecule has 0 spiro atoms.